The zero-order chi connectivity index (χ0) is 9.10. The van der Waals surface area contributed by atoms with Crippen LogP contribution in [0.5, 0.6) is 0 Å². The number of hydrogen-bond acceptors (Lipinski definition) is 4. The highest BCUT2D eigenvalue weighted by Crippen LogP contribution is 2.13. The summed E-state index contributed by atoms with van der Waals surface area (Å²) in [6.07, 6.45) is 8.05. The second kappa shape index (κ2) is 3.43. The number of rotatable bonds is 2. The van der Waals surface area contributed by atoms with E-state index in [9.17, 15) is 0 Å². The van der Waals surface area contributed by atoms with Crippen LogP contribution in [0.25, 0.3) is 0 Å². The normalized spacial score (nSPS) is 16.3. The number of anilines is 2. The van der Waals surface area contributed by atoms with Gasteiger partial charge in [-0.05, 0) is 18.9 Å². The largest absolute Gasteiger partial charge is 0.384 e. The van der Waals surface area contributed by atoms with Crippen LogP contribution in [0.1, 0.15) is 12.8 Å². The van der Waals surface area contributed by atoms with E-state index in [0.29, 0.717) is 17.8 Å². The molecule has 0 amide bonds. The first-order valence-corrected chi connectivity index (χ1v) is 4.34. The molecule has 0 unspecified atom stereocenters. The summed E-state index contributed by atoms with van der Waals surface area (Å²) in [5.74, 6) is 1.12. The van der Waals surface area contributed by atoms with Crippen LogP contribution >= 0.6 is 0 Å². The summed E-state index contributed by atoms with van der Waals surface area (Å²) in [4.78, 5) is 8.14. The van der Waals surface area contributed by atoms with Crippen LogP contribution in [0, 0.1) is 0 Å². The molecular weight excluding hydrogens is 164 g/mol. The van der Waals surface area contributed by atoms with Crippen molar-refractivity contribution in [2.45, 2.75) is 18.9 Å². The van der Waals surface area contributed by atoms with E-state index in [2.05, 4.69) is 27.4 Å². The maximum Gasteiger partial charge on any atom is 0.224 e. The quantitative estimate of drug-likeness (QED) is 0.664. The Morgan fingerprint density at radius 2 is 2.15 bits per heavy atom. The smallest absolute Gasteiger partial charge is 0.224 e. The van der Waals surface area contributed by atoms with Crippen molar-refractivity contribution in [3.05, 3.63) is 24.4 Å². The fourth-order valence-electron chi connectivity index (χ4n) is 1.36. The molecule has 0 bridgehead atoms. The molecule has 1 aromatic heterocycles. The molecule has 68 valence electrons. The third kappa shape index (κ3) is 1.96. The van der Waals surface area contributed by atoms with Gasteiger partial charge in [-0.2, -0.15) is 4.98 Å². The summed E-state index contributed by atoms with van der Waals surface area (Å²) in [6.45, 7) is 0. The van der Waals surface area contributed by atoms with Crippen molar-refractivity contribution in [1.29, 1.82) is 0 Å². The van der Waals surface area contributed by atoms with Crippen molar-refractivity contribution in [1.82, 2.24) is 9.97 Å². The number of nitrogens with one attached hydrogen (secondary N) is 1. The Bertz CT molecular complexity index is 313. The van der Waals surface area contributed by atoms with Gasteiger partial charge >= 0.3 is 0 Å². The minimum absolute atomic E-state index is 0.432. The Labute approximate surface area is 76.9 Å². The first kappa shape index (κ1) is 8.04. The topological polar surface area (TPSA) is 63.8 Å². The third-order valence-electron chi connectivity index (χ3n) is 2.02. The highest BCUT2D eigenvalue weighted by Gasteiger charge is 2.10. The molecule has 1 aliphatic rings. The standard InChI is InChI=1S/C9H12N4/c10-8-5-6-11-9(13-8)12-7-3-1-2-4-7/h1-2,5-7H,3-4H2,(H3,10,11,12,13). The maximum atomic E-state index is 5.53. The molecule has 4 heteroatoms. The maximum absolute atomic E-state index is 5.53. The first-order chi connectivity index (χ1) is 6.34. The lowest BCUT2D eigenvalue weighted by Crippen LogP contribution is -2.17. The van der Waals surface area contributed by atoms with Crippen molar-refractivity contribution in [2.24, 2.45) is 0 Å². The molecule has 0 spiro atoms. The summed E-state index contributed by atoms with van der Waals surface area (Å²) >= 11 is 0. The van der Waals surface area contributed by atoms with Gasteiger partial charge in [-0.15, -0.1) is 0 Å². The lowest BCUT2D eigenvalue weighted by atomic mass is 10.2. The van der Waals surface area contributed by atoms with E-state index in [1.165, 1.54) is 0 Å². The number of hydrogen-bond donors (Lipinski definition) is 2. The summed E-state index contributed by atoms with van der Waals surface area (Å²) in [6, 6.07) is 2.11. The number of nitrogen functional groups attached to an aromatic ring is 1. The fraction of sp³-hybridized carbons (Fsp3) is 0.333. The summed E-state index contributed by atoms with van der Waals surface area (Å²) in [5, 5.41) is 3.22. The Morgan fingerprint density at radius 1 is 1.38 bits per heavy atom. The van der Waals surface area contributed by atoms with E-state index >= 15 is 0 Å². The van der Waals surface area contributed by atoms with Crippen LogP contribution in [-0.2, 0) is 0 Å². The minimum atomic E-state index is 0.432. The van der Waals surface area contributed by atoms with E-state index in [1.807, 2.05) is 0 Å². The van der Waals surface area contributed by atoms with Gasteiger partial charge in [0, 0.05) is 12.2 Å². The van der Waals surface area contributed by atoms with Crippen molar-refractivity contribution >= 4 is 11.8 Å². The molecule has 13 heavy (non-hydrogen) atoms. The number of nitrogens with zero attached hydrogens (tertiary/aromatic N) is 2. The highest BCUT2D eigenvalue weighted by molar-refractivity contribution is 5.36. The van der Waals surface area contributed by atoms with Gasteiger partial charge in [-0.1, -0.05) is 12.2 Å². The van der Waals surface area contributed by atoms with Gasteiger partial charge in [-0.3, -0.25) is 0 Å². The average Bonchev–Trinajstić information content (AvgIpc) is 2.57. The van der Waals surface area contributed by atoms with E-state index in [1.54, 1.807) is 12.3 Å². The lowest BCUT2D eigenvalue weighted by Gasteiger charge is -2.11. The molecule has 0 radical (unpaired) electrons. The Kier molecular flexibility index (Phi) is 2.12. The van der Waals surface area contributed by atoms with E-state index in [-0.39, 0.29) is 0 Å². The van der Waals surface area contributed by atoms with Crippen LogP contribution in [0.2, 0.25) is 0 Å². The van der Waals surface area contributed by atoms with Gasteiger partial charge in [0.25, 0.3) is 0 Å². The van der Waals surface area contributed by atoms with Crippen LogP contribution in [0.4, 0.5) is 11.8 Å². The molecule has 0 atom stereocenters. The molecular formula is C9H12N4. The Balaban J connectivity index is 2.01. The zero-order valence-electron chi connectivity index (χ0n) is 7.27. The molecule has 3 N–H and O–H groups in total. The van der Waals surface area contributed by atoms with Gasteiger partial charge in [0.15, 0.2) is 0 Å². The molecule has 0 aromatic carbocycles. The second-order valence-corrected chi connectivity index (χ2v) is 3.09. The monoisotopic (exact) mass is 176 g/mol. The van der Waals surface area contributed by atoms with Crippen LogP contribution in [0.15, 0.2) is 24.4 Å². The van der Waals surface area contributed by atoms with Gasteiger partial charge in [0.2, 0.25) is 5.95 Å². The average molecular weight is 176 g/mol. The molecule has 0 saturated heterocycles. The molecule has 2 rings (SSSR count). The summed E-state index contributed by atoms with van der Waals surface area (Å²) in [5.41, 5.74) is 5.53. The van der Waals surface area contributed by atoms with E-state index < -0.39 is 0 Å². The molecule has 1 aromatic rings. The van der Waals surface area contributed by atoms with Crippen LogP contribution in [-0.4, -0.2) is 16.0 Å². The second-order valence-electron chi connectivity index (χ2n) is 3.09. The van der Waals surface area contributed by atoms with Crippen molar-refractivity contribution in [2.75, 3.05) is 11.1 Å². The van der Waals surface area contributed by atoms with Crippen LogP contribution < -0.4 is 11.1 Å². The SMILES string of the molecule is Nc1ccnc(NC2CC=CC2)n1. The van der Waals surface area contributed by atoms with Crippen molar-refractivity contribution < 1.29 is 0 Å². The molecule has 4 nitrogen and oxygen atoms in total. The highest BCUT2D eigenvalue weighted by atomic mass is 15.1. The number of nitrogens with two attached hydrogens (primary N) is 1. The number of aromatic nitrogens is 2. The van der Waals surface area contributed by atoms with Gasteiger partial charge in [0.05, 0.1) is 0 Å². The molecule has 1 aliphatic carbocycles. The van der Waals surface area contributed by atoms with Crippen molar-refractivity contribution in [3.63, 3.8) is 0 Å². The van der Waals surface area contributed by atoms with Gasteiger partial charge in [-0.25, -0.2) is 4.98 Å². The molecule has 0 fully saturated rings. The van der Waals surface area contributed by atoms with Gasteiger partial charge in [0.1, 0.15) is 5.82 Å². The van der Waals surface area contributed by atoms with Crippen molar-refractivity contribution in [3.8, 4) is 0 Å². The molecule has 1 heterocycles. The fourth-order valence-corrected chi connectivity index (χ4v) is 1.36. The van der Waals surface area contributed by atoms with E-state index in [4.69, 9.17) is 5.73 Å². The lowest BCUT2D eigenvalue weighted by molar-refractivity contribution is 0.773. The first-order valence-electron chi connectivity index (χ1n) is 4.34. The van der Waals surface area contributed by atoms with E-state index in [0.717, 1.165) is 12.8 Å². The summed E-state index contributed by atoms with van der Waals surface area (Å²) in [7, 11) is 0. The van der Waals surface area contributed by atoms with Crippen LogP contribution in [0.3, 0.4) is 0 Å². The Hall–Kier alpha value is -1.58. The zero-order valence-corrected chi connectivity index (χ0v) is 7.27. The molecule has 0 aliphatic heterocycles. The summed E-state index contributed by atoms with van der Waals surface area (Å²) < 4.78 is 0. The predicted molar refractivity (Wildman–Crippen MR) is 52.2 cm³/mol. The third-order valence-corrected chi connectivity index (χ3v) is 2.02. The van der Waals surface area contributed by atoms with Gasteiger partial charge < -0.3 is 11.1 Å². The predicted octanol–water partition coefficient (Wildman–Crippen LogP) is 1.19. The molecule has 0 saturated carbocycles. The Morgan fingerprint density at radius 3 is 2.85 bits per heavy atom. The minimum Gasteiger partial charge on any atom is -0.384 e.